The molecule has 22 heavy (non-hydrogen) atoms. The van der Waals surface area contributed by atoms with E-state index in [1.807, 2.05) is 0 Å². The zero-order valence-electron chi connectivity index (χ0n) is 11.1. The Balaban J connectivity index is 2.11. The first-order valence-corrected chi connectivity index (χ1v) is 6.42. The van der Waals surface area contributed by atoms with E-state index >= 15 is 0 Å². The summed E-state index contributed by atoms with van der Waals surface area (Å²) in [5.74, 6) is -0.702. The summed E-state index contributed by atoms with van der Waals surface area (Å²) in [6, 6.07) is 9.79. The number of carbonyl (C=O) groups is 1. The highest BCUT2D eigenvalue weighted by Crippen LogP contribution is 2.22. The van der Waals surface area contributed by atoms with Gasteiger partial charge in [-0.2, -0.15) is 5.10 Å². The summed E-state index contributed by atoms with van der Waals surface area (Å²) in [5.41, 5.74) is 2.36. The fourth-order valence-corrected chi connectivity index (χ4v) is 1.85. The van der Waals surface area contributed by atoms with Crippen molar-refractivity contribution in [3.63, 3.8) is 0 Å². The number of halogens is 1. The van der Waals surface area contributed by atoms with Crippen LogP contribution in [0, 0.1) is 10.1 Å². The van der Waals surface area contributed by atoms with Crippen LogP contribution in [0.5, 0.6) is 5.75 Å². The molecule has 0 heterocycles. The Morgan fingerprint density at radius 3 is 2.73 bits per heavy atom. The molecule has 112 valence electrons. The maximum absolute atomic E-state index is 11.8. The molecule has 0 saturated carbocycles. The van der Waals surface area contributed by atoms with E-state index in [9.17, 15) is 20.0 Å². The summed E-state index contributed by atoms with van der Waals surface area (Å²) in [5, 5.41) is 24.2. The molecule has 2 rings (SSSR count). The Morgan fingerprint density at radius 2 is 2.05 bits per heavy atom. The highest BCUT2D eigenvalue weighted by molar-refractivity contribution is 6.33. The van der Waals surface area contributed by atoms with Crippen LogP contribution in [0.1, 0.15) is 15.9 Å². The standard InChI is InChI=1S/C14H10ClN3O4/c15-12-5-2-6-13(19)11(12)8-16-17-14(20)9-3-1-4-10(7-9)18(21)22/h1-8,19H,(H,17,20). The molecule has 0 radical (unpaired) electrons. The molecule has 0 aliphatic carbocycles. The van der Waals surface area contributed by atoms with Crippen LogP contribution in [0.2, 0.25) is 5.02 Å². The Kier molecular flexibility index (Phi) is 4.70. The van der Waals surface area contributed by atoms with Crippen LogP contribution >= 0.6 is 11.6 Å². The molecule has 0 unspecified atom stereocenters. The molecule has 2 aromatic rings. The first-order chi connectivity index (χ1) is 10.5. The third kappa shape index (κ3) is 3.58. The number of phenols is 1. The fraction of sp³-hybridized carbons (Fsp3) is 0. The zero-order chi connectivity index (χ0) is 16.1. The SMILES string of the molecule is O=C(NN=Cc1c(O)cccc1Cl)c1cccc([N+](=O)[O-])c1. The lowest BCUT2D eigenvalue weighted by Crippen LogP contribution is -2.17. The number of nitrogens with one attached hydrogen (secondary N) is 1. The second-order valence-corrected chi connectivity index (χ2v) is 4.59. The van der Waals surface area contributed by atoms with Gasteiger partial charge in [-0.05, 0) is 18.2 Å². The number of hydrogen-bond acceptors (Lipinski definition) is 5. The van der Waals surface area contributed by atoms with E-state index in [0.717, 1.165) is 6.07 Å². The van der Waals surface area contributed by atoms with Crippen LogP contribution < -0.4 is 5.43 Å². The maximum atomic E-state index is 11.8. The lowest BCUT2D eigenvalue weighted by molar-refractivity contribution is -0.384. The molecule has 2 N–H and O–H groups in total. The van der Waals surface area contributed by atoms with Gasteiger partial charge in [0.15, 0.2) is 0 Å². The molecule has 0 spiro atoms. The van der Waals surface area contributed by atoms with Crippen molar-refractivity contribution >= 4 is 29.4 Å². The summed E-state index contributed by atoms with van der Waals surface area (Å²) in [6.45, 7) is 0. The van der Waals surface area contributed by atoms with Gasteiger partial charge in [-0.25, -0.2) is 5.43 Å². The van der Waals surface area contributed by atoms with Gasteiger partial charge in [-0.1, -0.05) is 23.7 Å². The van der Waals surface area contributed by atoms with Gasteiger partial charge in [0.25, 0.3) is 11.6 Å². The number of aromatic hydroxyl groups is 1. The highest BCUT2D eigenvalue weighted by Gasteiger charge is 2.10. The molecule has 0 atom stereocenters. The van der Waals surface area contributed by atoms with E-state index in [1.165, 1.54) is 30.5 Å². The third-order valence-corrected chi connectivity index (χ3v) is 3.04. The molecule has 7 nitrogen and oxygen atoms in total. The van der Waals surface area contributed by atoms with Crippen LogP contribution in [-0.2, 0) is 0 Å². The number of hydrogen-bond donors (Lipinski definition) is 2. The number of amides is 1. The fourth-order valence-electron chi connectivity index (χ4n) is 1.63. The van der Waals surface area contributed by atoms with E-state index in [1.54, 1.807) is 12.1 Å². The quantitative estimate of drug-likeness (QED) is 0.513. The topological polar surface area (TPSA) is 105 Å². The van der Waals surface area contributed by atoms with Crippen LogP contribution in [0.15, 0.2) is 47.6 Å². The van der Waals surface area contributed by atoms with Crippen LogP contribution in [0.25, 0.3) is 0 Å². The number of hydrazone groups is 1. The summed E-state index contributed by atoms with van der Waals surface area (Å²) in [6.07, 6.45) is 1.19. The molecule has 0 bridgehead atoms. The predicted molar refractivity (Wildman–Crippen MR) is 81.3 cm³/mol. The summed E-state index contributed by atoms with van der Waals surface area (Å²) >= 11 is 5.88. The number of benzene rings is 2. The van der Waals surface area contributed by atoms with Crippen LogP contribution in [-0.4, -0.2) is 22.2 Å². The molecule has 8 heteroatoms. The van der Waals surface area contributed by atoms with Crippen molar-refractivity contribution in [3.05, 3.63) is 68.7 Å². The molecular formula is C14H10ClN3O4. The van der Waals surface area contributed by atoms with Gasteiger partial charge in [0.2, 0.25) is 0 Å². The van der Waals surface area contributed by atoms with Crippen molar-refractivity contribution in [1.82, 2.24) is 5.43 Å². The molecule has 0 aromatic heterocycles. The van der Waals surface area contributed by atoms with Gasteiger partial charge < -0.3 is 5.11 Å². The number of phenolic OH excluding ortho intramolecular Hbond substituents is 1. The highest BCUT2D eigenvalue weighted by atomic mass is 35.5. The summed E-state index contributed by atoms with van der Waals surface area (Å²) in [7, 11) is 0. The lowest BCUT2D eigenvalue weighted by atomic mass is 10.2. The molecule has 0 saturated heterocycles. The minimum atomic E-state index is -0.619. The van der Waals surface area contributed by atoms with Crippen molar-refractivity contribution in [2.75, 3.05) is 0 Å². The smallest absolute Gasteiger partial charge is 0.271 e. The van der Waals surface area contributed by atoms with Gasteiger partial charge >= 0.3 is 0 Å². The molecule has 1 amide bonds. The average molecular weight is 320 g/mol. The Bertz CT molecular complexity index is 741. The monoisotopic (exact) mass is 319 g/mol. The number of nitro groups is 1. The molecule has 0 aliphatic rings. The number of carbonyl (C=O) groups excluding carboxylic acids is 1. The van der Waals surface area contributed by atoms with E-state index in [0.29, 0.717) is 0 Å². The molecular weight excluding hydrogens is 310 g/mol. The Hall–Kier alpha value is -2.93. The number of non-ortho nitro benzene ring substituents is 1. The van der Waals surface area contributed by atoms with Crippen molar-refractivity contribution in [2.45, 2.75) is 0 Å². The lowest BCUT2D eigenvalue weighted by Gasteiger charge is -2.02. The minimum absolute atomic E-state index is 0.0825. The maximum Gasteiger partial charge on any atom is 0.271 e. The normalized spacial score (nSPS) is 10.6. The van der Waals surface area contributed by atoms with Crippen LogP contribution in [0.4, 0.5) is 5.69 Å². The van der Waals surface area contributed by atoms with Crippen molar-refractivity contribution in [3.8, 4) is 5.75 Å². The number of rotatable bonds is 4. The first-order valence-electron chi connectivity index (χ1n) is 6.04. The van der Waals surface area contributed by atoms with Gasteiger partial charge in [-0.15, -0.1) is 0 Å². The van der Waals surface area contributed by atoms with Crippen molar-refractivity contribution in [2.24, 2.45) is 5.10 Å². The van der Waals surface area contributed by atoms with E-state index in [2.05, 4.69) is 10.5 Å². The molecule has 0 aliphatic heterocycles. The number of nitrogens with zero attached hydrogens (tertiary/aromatic N) is 2. The Morgan fingerprint density at radius 1 is 1.32 bits per heavy atom. The van der Waals surface area contributed by atoms with Gasteiger partial charge in [0, 0.05) is 17.7 Å². The Labute approximate surface area is 130 Å². The summed E-state index contributed by atoms with van der Waals surface area (Å²) < 4.78 is 0. The van der Waals surface area contributed by atoms with Crippen molar-refractivity contribution in [1.29, 1.82) is 0 Å². The minimum Gasteiger partial charge on any atom is -0.507 e. The largest absolute Gasteiger partial charge is 0.507 e. The third-order valence-electron chi connectivity index (χ3n) is 2.71. The van der Waals surface area contributed by atoms with Crippen LogP contribution in [0.3, 0.4) is 0 Å². The average Bonchev–Trinajstić information content (AvgIpc) is 2.50. The van der Waals surface area contributed by atoms with Gasteiger partial charge in [0.1, 0.15) is 5.75 Å². The summed E-state index contributed by atoms with van der Waals surface area (Å²) in [4.78, 5) is 21.9. The van der Waals surface area contributed by atoms with Crippen molar-refractivity contribution < 1.29 is 14.8 Å². The number of nitro benzene ring substituents is 1. The van der Waals surface area contributed by atoms with E-state index in [4.69, 9.17) is 11.6 Å². The molecule has 2 aromatic carbocycles. The van der Waals surface area contributed by atoms with E-state index in [-0.39, 0.29) is 27.6 Å². The molecule has 0 fully saturated rings. The predicted octanol–water partition coefficient (Wildman–Crippen LogP) is 2.72. The zero-order valence-corrected chi connectivity index (χ0v) is 11.8. The second-order valence-electron chi connectivity index (χ2n) is 4.18. The second kappa shape index (κ2) is 6.68. The first kappa shape index (κ1) is 15.5. The van der Waals surface area contributed by atoms with E-state index < -0.39 is 10.8 Å². The van der Waals surface area contributed by atoms with Gasteiger partial charge in [0.05, 0.1) is 21.7 Å². The van der Waals surface area contributed by atoms with Gasteiger partial charge in [-0.3, -0.25) is 14.9 Å².